The number of sulfone groups is 1. The molecule has 0 radical (unpaired) electrons. The summed E-state index contributed by atoms with van der Waals surface area (Å²) in [6.45, 7) is 1.30. The molecule has 1 aromatic carbocycles. The Morgan fingerprint density at radius 3 is 2.29 bits per heavy atom. The van der Waals surface area contributed by atoms with Crippen molar-refractivity contribution < 1.29 is 23.1 Å². The summed E-state index contributed by atoms with van der Waals surface area (Å²) in [5.74, 6) is -1.36. The Morgan fingerprint density at radius 2 is 1.81 bits per heavy atom. The van der Waals surface area contributed by atoms with Gasteiger partial charge in [0.05, 0.1) is 5.75 Å². The second-order valence-corrected chi connectivity index (χ2v) is 6.94. The number of carbonyl (C=O) groups excluding carboxylic acids is 1. The third kappa shape index (κ3) is 6.26. The highest BCUT2D eigenvalue weighted by Gasteiger charge is 2.18. The summed E-state index contributed by atoms with van der Waals surface area (Å²) in [5.41, 5.74) is 1.41. The van der Waals surface area contributed by atoms with Crippen LogP contribution < -0.4 is 10.2 Å². The Kier molecular flexibility index (Phi) is 5.71. The molecule has 0 spiro atoms. The normalized spacial score (nSPS) is 11.0. The highest BCUT2D eigenvalue weighted by Crippen LogP contribution is 2.15. The number of benzene rings is 1. The minimum atomic E-state index is -3.19. The van der Waals surface area contributed by atoms with Crippen LogP contribution in [0.15, 0.2) is 24.3 Å². The maximum atomic E-state index is 12.0. The van der Waals surface area contributed by atoms with Crippen LogP contribution in [0.4, 0.5) is 10.5 Å². The van der Waals surface area contributed by atoms with Crippen molar-refractivity contribution in [2.24, 2.45) is 0 Å². The number of hydrogen-bond acceptors (Lipinski definition) is 4. The zero-order valence-electron chi connectivity index (χ0n) is 11.9. The van der Waals surface area contributed by atoms with Crippen molar-refractivity contribution >= 4 is 27.5 Å². The molecule has 0 bridgehead atoms. The van der Waals surface area contributed by atoms with Gasteiger partial charge in [-0.05, 0) is 19.1 Å². The number of anilines is 1. The van der Waals surface area contributed by atoms with Crippen LogP contribution in [0.1, 0.15) is 5.56 Å². The van der Waals surface area contributed by atoms with Crippen molar-refractivity contribution in [1.29, 1.82) is 0 Å². The summed E-state index contributed by atoms with van der Waals surface area (Å²) in [6.07, 6.45) is 1.06. The Morgan fingerprint density at radius 1 is 1.24 bits per heavy atom. The summed E-state index contributed by atoms with van der Waals surface area (Å²) < 4.78 is 22.0. The van der Waals surface area contributed by atoms with Crippen LogP contribution in [-0.4, -0.2) is 50.6 Å². The van der Waals surface area contributed by atoms with Crippen molar-refractivity contribution in [1.82, 2.24) is 5.32 Å². The number of nitrogens with one attached hydrogen (secondary N) is 1. The van der Waals surface area contributed by atoms with Crippen LogP contribution in [-0.2, 0) is 14.6 Å². The van der Waals surface area contributed by atoms with E-state index in [4.69, 9.17) is 5.11 Å². The Hall–Kier alpha value is -2.09. The lowest BCUT2D eigenvalue weighted by atomic mass is 10.2. The smallest absolute Gasteiger partial charge is 0.323 e. The number of carbonyl (C=O) groups is 2. The number of aryl methyl sites for hydroxylation is 1. The van der Waals surface area contributed by atoms with Gasteiger partial charge in [0.15, 0.2) is 0 Å². The van der Waals surface area contributed by atoms with E-state index in [2.05, 4.69) is 5.32 Å². The fourth-order valence-corrected chi connectivity index (χ4v) is 2.05. The van der Waals surface area contributed by atoms with E-state index in [1.807, 2.05) is 6.92 Å². The average molecular weight is 314 g/mol. The monoisotopic (exact) mass is 314 g/mol. The predicted molar refractivity (Wildman–Crippen MR) is 79.3 cm³/mol. The minimum Gasteiger partial charge on any atom is -0.480 e. The quantitative estimate of drug-likeness (QED) is 0.802. The van der Waals surface area contributed by atoms with Crippen LogP contribution in [0.25, 0.3) is 0 Å². The fourth-order valence-electron chi connectivity index (χ4n) is 1.58. The molecule has 0 saturated carbocycles. The molecule has 0 aliphatic heterocycles. The number of urea groups is 1. The molecule has 0 saturated heterocycles. The third-order valence-electron chi connectivity index (χ3n) is 2.63. The van der Waals surface area contributed by atoms with Crippen molar-refractivity contribution in [3.05, 3.63) is 29.8 Å². The van der Waals surface area contributed by atoms with Crippen LogP contribution in [0.2, 0.25) is 0 Å². The first-order valence-electron chi connectivity index (χ1n) is 6.20. The van der Waals surface area contributed by atoms with Crippen molar-refractivity contribution in [2.75, 3.05) is 30.0 Å². The second-order valence-electron chi connectivity index (χ2n) is 4.68. The summed E-state index contributed by atoms with van der Waals surface area (Å²) in [6, 6.07) is 6.13. The molecule has 0 aromatic heterocycles. The molecule has 1 rings (SSSR count). The number of carboxylic acids is 1. The zero-order valence-corrected chi connectivity index (χ0v) is 12.7. The second kappa shape index (κ2) is 7.07. The van der Waals surface area contributed by atoms with E-state index >= 15 is 0 Å². The molecule has 0 unspecified atom stereocenters. The number of nitrogens with zero attached hydrogens (tertiary/aromatic N) is 1. The van der Waals surface area contributed by atoms with Gasteiger partial charge in [-0.1, -0.05) is 17.7 Å². The van der Waals surface area contributed by atoms with Gasteiger partial charge < -0.3 is 10.4 Å². The molecule has 21 heavy (non-hydrogen) atoms. The first kappa shape index (κ1) is 17.0. The van der Waals surface area contributed by atoms with E-state index in [0.29, 0.717) is 5.69 Å². The largest absolute Gasteiger partial charge is 0.480 e. The Labute approximate surface area is 123 Å². The summed E-state index contributed by atoms with van der Waals surface area (Å²) >= 11 is 0. The van der Waals surface area contributed by atoms with Gasteiger partial charge in [-0.3, -0.25) is 9.69 Å². The zero-order chi connectivity index (χ0) is 16.0. The van der Waals surface area contributed by atoms with E-state index in [0.717, 1.165) is 16.7 Å². The van der Waals surface area contributed by atoms with Gasteiger partial charge in [0.2, 0.25) is 0 Å². The molecule has 116 valence electrons. The Balaban J connectivity index is 2.79. The standard InChI is InChI=1S/C13H18N2O5S/c1-10-3-5-11(6-4-10)15(9-12(16)17)13(18)14-7-8-21(2,19)20/h3-6H,7-9H2,1-2H3,(H,14,18)(H,16,17). The summed E-state index contributed by atoms with van der Waals surface area (Å²) in [7, 11) is -3.19. The lowest BCUT2D eigenvalue weighted by Crippen LogP contribution is -2.44. The van der Waals surface area contributed by atoms with E-state index < -0.39 is 28.4 Å². The first-order valence-corrected chi connectivity index (χ1v) is 8.26. The van der Waals surface area contributed by atoms with Gasteiger partial charge in [-0.25, -0.2) is 13.2 Å². The van der Waals surface area contributed by atoms with Crippen LogP contribution in [0.5, 0.6) is 0 Å². The van der Waals surface area contributed by atoms with Crippen LogP contribution in [0, 0.1) is 6.92 Å². The van der Waals surface area contributed by atoms with Crippen molar-refractivity contribution in [3.8, 4) is 0 Å². The molecule has 1 aromatic rings. The topological polar surface area (TPSA) is 104 Å². The average Bonchev–Trinajstić information content (AvgIpc) is 2.35. The number of aliphatic carboxylic acids is 1. The molecule has 0 aliphatic carbocycles. The van der Waals surface area contributed by atoms with E-state index in [-0.39, 0.29) is 12.3 Å². The molecule has 2 N–H and O–H groups in total. The Bertz CT molecular complexity index is 610. The molecule has 8 heteroatoms. The molecule has 0 aliphatic rings. The van der Waals surface area contributed by atoms with E-state index in [9.17, 15) is 18.0 Å². The summed E-state index contributed by atoms with van der Waals surface area (Å²) in [4.78, 5) is 23.9. The van der Waals surface area contributed by atoms with Gasteiger partial charge in [-0.15, -0.1) is 0 Å². The maximum absolute atomic E-state index is 12.0. The SMILES string of the molecule is Cc1ccc(N(CC(=O)O)C(=O)NCCS(C)(=O)=O)cc1. The van der Waals surface area contributed by atoms with Crippen molar-refractivity contribution in [3.63, 3.8) is 0 Å². The van der Waals surface area contributed by atoms with Crippen molar-refractivity contribution in [2.45, 2.75) is 6.92 Å². The van der Waals surface area contributed by atoms with E-state index in [1.165, 1.54) is 0 Å². The molecule has 2 amide bonds. The summed E-state index contributed by atoms with van der Waals surface area (Å²) in [5, 5.41) is 11.3. The highest BCUT2D eigenvalue weighted by atomic mass is 32.2. The molecular formula is C13H18N2O5S. The number of carboxylic acid groups (broad SMARTS) is 1. The predicted octanol–water partition coefficient (Wildman–Crippen LogP) is 0.640. The van der Waals surface area contributed by atoms with E-state index in [1.54, 1.807) is 24.3 Å². The lowest BCUT2D eigenvalue weighted by Gasteiger charge is -2.21. The fraction of sp³-hybridized carbons (Fsp3) is 0.385. The van der Waals surface area contributed by atoms with Gasteiger partial charge in [-0.2, -0.15) is 0 Å². The number of amides is 2. The lowest BCUT2D eigenvalue weighted by molar-refractivity contribution is -0.135. The third-order valence-corrected chi connectivity index (χ3v) is 3.58. The van der Waals surface area contributed by atoms with Gasteiger partial charge >= 0.3 is 12.0 Å². The molecule has 0 heterocycles. The van der Waals surface area contributed by atoms with Crippen LogP contribution in [0.3, 0.4) is 0 Å². The molecule has 7 nitrogen and oxygen atoms in total. The van der Waals surface area contributed by atoms with Gasteiger partial charge in [0, 0.05) is 18.5 Å². The van der Waals surface area contributed by atoms with Gasteiger partial charge in [0.25, 0.3) is 0 Å². The first-order chi connectivity index (χ1) is 9.69. The number of rotatable bonds is 6. The maximum Gasteiger partial charge on any atom is 0.323 e. The molecule has 0 atom stereocenters. The molecule has 0 fully saturated rings. The van der Waals surface area contributed by atoms with Crippen LogP contribution >= 0.6 is 0 Å². The number of hydrogen-bond donors (Lipinski definition) is 2. The molecular weight excluding hydrogens is 296 g/mol. The highest BCUT2D eigenvalue weighted by molar-refractivity contribution is 7.90. The minimum absolute atomic E-state index is 0.0698. The van der Waals surface area contributed by atoms with Gasteiger partial charge in [0.1, 0.15) is 16.4 Å².